The van der Waals surface area contributed by atoms with E-state index in [9.17, 15) is 9.59 Å². The van der Waals surface area contributed by atoms with E-state index in [0.29, 0.717) is 31.8 Å². The van der Waals surface area contributed by atoms with Crippen molar-refractivity contribution >= 4 is 23.2 Å². The van der Waals surface area contributed by atoms with Crippen molar-refractivity contribution in [3.63, 3.8) is 0 Å². The second kappa shape index (κ2) is 8.24. The average Bonchev–Trinajstić information content (AvgIpc) is 3.37. The largest absolute Gasteiger partial charge is 0.375 e. The smallest absolute Gasteiger partial charge is 0.273 e. The number of hydrogen-bond donors (Lipinski definition) is 1. The molecule has 4 rings (SSSR count). The summed E-state index contributed by atoms with van der Waals surface area (Å²) in [5.74, 6) is 0.0267. The van der Waals surface area contributed by atoms with E-state index in [4.69, 9.17) is 4.74 Å². The molecule has 0 unspecified atom stereocenters. The number of piperidine rings is 1. The van der Waals surface area contributed by atoms with Gasteiger partial charge in [-0.2, -0.15) is 0 Å². The summed E-state index contributed by atoms with van der Waals surface area (Å²) in [6.45, 7) is 5.76. The first kappa shape index (κ1) is 20.0. The van der Waals surface area contributed by atoms with Crippen LogP contribution in [0.25, 0.3) is 0 Å². The maximum absolute atomic E-state index is 12.7. The predicted molar refractivity (Wildman–Crippen MR) is 112 cm³/mol. The minimum absolute atomic E-state index is 0.00354. The maximum atomic E-state index is 12.7. The Hall–Kier alpha value is -2.25. The Balaban J connectivity index is 1.63. The molecule has 0 radical (unpaired) electrons. The zero-order chi connectivity index (χ0) is 20.4. The average molecular weight is 414 g/mol. The third-order valence-corrected chi connectivity index (χ3v) is 6.84. The molecule has 1 N–H and O–H groups in total. The number of aromatic nitrogens is 1. The molecule has 1 aromatic heterocycles. The van der Waals surface area contributed by atoms with Gasteiger partial charge in [0.15, 0.2) is 0 Å². The molecule has 1 spiro atoms. The van der Waals surface area contributed by atoms with Crippen molar-refractivity contribution in [1.29, 1.82) is 0 Å². The van der Waals surface area contributed by atoms with Crippen molar-refractivity contribution in [2.24, 2.45) is 0 Å². The third kappa shape index (κ3) is 3.46. The highest BCUT2D eigenvalue weighted by molar-refractivity contribution is 7.07. The van der Waals surface area contributed by atoms with Gasteiger partial charge in [0.1, 0.15) is 5.69 Å². The molecule has 2 aliphatic rings. The van der Waals surface area contributed by atoms with Crippen LogP contribution in [0, 0.1) is 0 Å². The highest BCUT2D eigenvalue weighted by Gasteiger charge is 2.54. The molecule has 0 bridgehead atoms. The molecule has 2 aromatic rings. The summed E-state index contributed by atoms with van der Waals surface area (Å²) in [6.07, 6.45) is 1.93. The second-order valence-corrected chi connectivity index (χ2v) is 8.40. The van der Waals surface area contributed by atoms with Crippen LogP contribution in [0.4, 0.5) is 0 Å². The van der Waals surface area contributed by atoms with Crippen LogP contribution in [0.15, 0.2) is 35.2 Å². The van der Waals surface area contributed by atoms with Gasteiger partial charge in [-0.25, -0.2) is 4.98 Å². The molecule has 2 heterocycles. The van der Waals surface area contributed by atoms with Crippen LogP contribution in [-0.4, -0.2) is 47.5 Å². The summed E-state index contributed by atoms with van der Waals surface area (Å²) in [6, 6.07) is 8.19. The van der Waals surface area contributed by atoms with Gasteiger partial charge in [-0.3, -0.25) is 9.59 Å². The van der Waals surface area contributed by atoms with Crippen LogP contribution in [0.1, 0.15) is 60.8 Å². The van der Waals surface area contributed by atoms with Crippen LogP contribution >= 0.6 is 11.3 Å². The standard InChI is InChI=1S/C22H27N3O3S/c1-3-18(26)24-19-15-7-5-6-8-16(15)22(20(19)28-4-2)9-11-25(12-10-22)21(27)17-13-29-14-23-17/h5-8,13-14,19-20H,3-4,9-12H2,1-2H3,(H,24,26)/t19-,20+/m1/s1. The third-order valence-electron chi connectivity index (χ3n) is 6.26. The van der Waals surface area contributed by atoms with Gasteiger partial charge in [0.25, 0.3) is 5.91 Å². The number of ether oxygens (including phenoxy) is 1. The Bertz CT molecular complexity index is 875. The summed E-state index contributed by atoms with van der Waals surface area (Å²) in [7, 11) is 0. The van der Waals surface area contributed by atoms with Gasteiger partial charge >= 0.3 is 0 Å². The van der Waals surface area contributed by atoms with Crippen molar-refractivity contribution in [2.45, 2.75) is 50.7 Å². The van der Waals surface area contributed by atoms with Crippen LogP contribution < -0.4 is 5.32 Å². The number of carbonyl (C=O) groups is 2. The highest BCUT2D eigenvalue weighted by Crippen LogP contribution is 2.52. The molecule has 2 atom stereocenters. The molecular weight excluding hydrogens is 386 g/mol. The Morgan fingerprint density at radius 3 is 2.69 bits per heavy atom. The Morgan fingerprint density at radius 1 is 1.28 bits per heavy atom. The normalized spacial score (nSPS) is 22.5. The van der Waals surface area contributed by atoms with Crippen LogP contribution in [0.2, 0.25) is 0 Å². The van der Waals surface area contributed by atoms with Gasteiger partial charge in [0.2, 0.25) is 5.91 Å². The molecule has 1 fully saturated rings. The van der Waals surface area contributed by atoms with Gasteiger partial charge in [-0.1, -0.05) is 31.2 Å². The van der Waals surface area contributed by atoms with E-state index in [-0.39, 0.29) is 29.4 Å². The van der Waals surface area contributed by atoms with Crippen molar-refractivity contribution in [3.05, 3.63) is 52.0 Å². The van der Waals surface area contributed by atoms with Crippen molar-refractivity contribution < 1.29 is 14.3 Å². The summed E-state index contributed by atoms with van der Waals surface area (Å²) in [4.78, 5) is 31.1. The van der Waals surface area contributed by atoms with E-state index in [2.05, 4.69) is 28.5 Å². The number of likely N-dealkylation sites (tertiary alicyclic amines) is 1. The van der Waals surface area contributed by atoms with E-state index in [0.717, 1.165) is 18.4 Å². The monoisotopic (exact) mass is 413 g/mol. The number of thiazole rings is 1. The van der Waals surface area contributed by atoms with Crippen LogP contribution in [0.5, 0.6) is 0 Å². The van der Waals surface area contributed by atoms with E-state index in [1.807, 2.05) is 24.8 Å². The number of carbonyl (C=O) groups excluding carboxylic acids is 2. The van der Waals surface area contributed by atoms with Crippen molar-refractivity contribution in [1.82, 2.24) is 15.2 Å². The van der Waals surface area contributed by atoms with Crippen LogP contribution in [-0.2, 0) is 14.9 Å². The molecule has 1 saturated heterocycles. The lowest BCUT2D eigenvalue weighted by molar-refractivity contribution is -0.123. The summed E-state index contributed by atoms with van der Waals surface area (Å²) < 4.78 is 6.28. The first-order valence-corrected chi connectivity index (χ1v) is 11.2. The fourth-order valence-electron chi connectivity index (χ4n) is 4.86. The molecule has 154 valence electrons. The molecule has 1 aromatic carbocycles. The number of nitrogens with zero attached hydrogens (tertiary/aromatic N) is 2. The minimum atomic E-state index is -0.197. The fraction of sp³-hybridized carbons (Fsp3) is 0.500. The number of amides is 2. The van der Waals surface area contributed by atoms with Crippen molar-refractivity contribution in [2.75, 3.05) is 19.7 Å². The van der Waals surface area contributed by atoms with E-state index in [1.165, 1.54) is 16.9 Å². The topological polar surface area (TPSA) is 71.5 Å². The van der Waals surface area contributed by atoms with E-state index in [1.54, 1.807) is 10.9 Å². The number of hydrogen-bond acceptors (Lipinski definition) is 5. The molecule has 29 heavy (non-hydrogen) atoms. The van der Waals surface area contributed by atoms with Gasteiger partial charge in [0.05, 0.1) is 17.7 Å². The van der Waals surface area contributed by atoms with Gasteiger partial charge in [-0.05, 0) is 30.9 Å². The lowest BCUT2D eigenvalue weighted by Gasteiger charge is -2.44. The quantitative estimate of drug-likeness (QED) is 0.816. The zero-order valence-electron chi connectivity index (χ0n) is 16.9. The molecule has 0 saturated carbocycles. The predicted octanol–water partition coefficient (Wildman–Crippen LogP) is 3.30. The van der Waals surface area contributed by atoms with Gasteiger partial charge < -0.3 is 15.0 Å². The Morgan fingerprint density at radius 2 is 2.03 bits per heavy atom. The Labute approximate surface area is 175 Å². The lowest BCUT2D eigenvalue weighted by atomic mass is 9.71. The first-order valence-electron chi connectivity index (χ1n) is 10.3. The fourth-order valence-corrected chi connectivity index (χ4v) is 5.39. The summed E-state index contributed by atoms with van der Waals surface area (Å²) in [5.41, 5.74) is 4.41. The van der Waals surface area contributed by atoms with E-state index >= 15 is 0 Å². The first-order chi connectivity index (χ1) is 14.1. The summed E-state index contributed by atoms with van der Waals surface area (Å²) >= 11 is 1.44. The molecule has 7 heteroatoms. The SMILES string of the molecule is CCO[C@H]1[C@H](NC(=O)CC)c2ccccc2C12CCN(C(=O)c1cscn1)CC2. The number of rotatable bonds is 5. The number of benzene rings is 1. The number of fused-ring (bicyclic) bond motifs is 2. The van der Waals surface area contributed by atoms with Gasteiger partial charge in [-0.15, -0.1) is 11.3 Å². The maximum Gasteiger partial charge on any atom is 0.273 e. The van der Waals surface area contributed by atoms with Crippen molar-refractivity contribution in [3.8, 4) is 0 Å². The highest BCUT2D eigenvalue weighted by atomic mass is 32.1. The summed E-state index contributed by atoms with van der Waals surface area (Å²) in [5, 5.41) is 5.00. The van der Waals surface area contributed by atoms with Gasteiger partial charge in [0, 0.05) is 36.9 Å². The lowest BCUT2D eigenvalue weighted by Crippen LogP contribution is -2.52. The van der Waals surface area contributed by atoms with Crippen LogP contribution in [0.3, 0.4) is 0 Å². The molecule has 2 amide bonds. The molecule has 6 nitrogen and oxygen atoms in total. The Kier molecular flexibility index (Phi) is 5.69. The molecule has 1 aliphatic carbocycles. The second-order valence-electron chi connectivity index (χ2n) is 7.68. The molecular formula is C22H27N3O3S. The zero-order valence-corrected chi connectivity index (χ0v) is 17.7. The minimum Gasteiger partial charge on any atom is -0.375 e. The van der Waals surface area contributed by atoms with E-state index < -0.39 is 0 Å². The molecule has 1 aliphatic heterocycles. The number of nitrogens with one attached hydrogen (secondary N) is 1.